The monoisotopic (exact) mass is 233 g/mol. The van der Waals surface area contributed by atoms with Crippen molar-refractivity contribution in [3.8, 4) is 5.75 Å². The maximum Gasteiger partial charge on any atom is 0.219 e. The van der Waals surface area contributed by atoms with Crippen LogP contribution in [0.25, 0.3) is 0 Å². The van der Waals surface area contributed by atoms with Crippen LogP contribution < -0.4 is 4.74 Å². The van der Waals surface area contributed by atoms with Crippen LogP contribution in [0.5, 0.6) is 5.75 Å². The second-order valence-corrected chi connectivity index (χ2v) is 4.66. The van der Waals surface area contributed by atoms with Gasteiger partial charge in [-0.05, 0) is 42.5 Å². The number of aryl methyl sites for hydroxylation is 1. The lowest BCUT2D eigenvalue weighted by atomic mass is 9.87. The van der Waals surface area contributed by atoms with Gasteiger partial charge in [0.1, 0.15) is 5.75 Å². The van der Waals surface area contributed by atoms with Crippen LogP contribution in [0, 0.1) is 0 Å². The molecule has 0 bridgehead atoms. The molecule has 1 aromatic carbocycles. The van der Waals surface area contributed by atoms with Crippen molar-refractivity contribution >= 4 is 5.91 Å². The summed E-state index contributed by atoms with van der Waals surface area (Å²) in [6.45, 7) is 1.63. The maximum absolute atomic E-state index is 11.4. The van der Waals surface area contributed by atoms with Crippen LogP contribution in [0.3, 0.4) is 0 Å². The van der Waals surface area contributed by atoms with Gasteiger partial charge in [0, 0.05) is 20.0 Å². The van der Waals surface area contributed by atoms with Crippen molar-refractivity contribution < 1.29 is 9.53 Å². The average molecular weight is 233 g/mol. The maximum atomic E-state index is 11.4. The molecule has 17 heavy (non-hydrogen) atoms. The quantitative estimate of drug-likeness (QED) is 0.782. The zero-order chi connectivity index (χ0) is 12.4. The molecule has 1 unspecified atom stereocenters. The molecule has 92 valence electrons. The topological polar surface area (TPSA) is 29.5 Å². The highest BCUT2D eigenvalue weighted by atomic mass is 16.5. The number of rotatable bonds is 2. The van der Waals surface area contributed by atoms with Gasteiger partial charge in [-0.15, -0.1) is 0 Å². The molecule has 1 aliphatic carbocycles. The number of hydrogen-bond donors (Lipinski definition) is 0. The van der Waals surface area contributed by atoms with E-state index >= 15 is 0 Å². The number of likely N-dealkylation sites (N-methyl/N-ethyl adjacent to an activating group) is 1. The minimum atomic E-state index is 0.145. The van der Waals surface area contributed by atoms with Crippen molar-refractivity contribution in [1.29, 1.82) is 0 Å². The first-order valence-electron chi connectivity index (χ1n) is 6.01. The highest BCUT2D eigenvalue weighted by Gasteiger charge is 2.23. The van der Waals surface area contributed by atoms with Crippen molar-refractivity contribution in [2.75, 3.05) is 14.2 Å². The van der Waals surface area contributed by atoms with Crippen LogP contribution in [0.4, 0.5) is 0 Å². The SMILES string of the molecule is COc1ccc2c(c1)CCC(N(C)C(C)=O)C2. The fourth-order valence-corrected chi connectivity index (χ4v) is 2.43. The third-order valence-corrected chi connectivity index (χ3v) is 3.66. The summed E-state index contributed by atoms with van der Waals surface area (Å²) in [5, 5.41) is 0. The summed E-state index contributed by atoms with van der Waals surface area (Å²) in [6.07, 6.45) is 3.01. The second-order valence-electron chi connectivity index (χ2n) is 4.66. The Morgan fingerprint density at radius 1 is 1.41 bits per heavy atom. The van der Waals surface area contributed by atoms with Crippen LogP contribution in [0.1, 0.15) is 24.5 Å². The largest absolute Gasteiger partial charge is 0.497 e. The van der Waals surface area contributed by atoms with Crippen LogP contribution >= 0.6 is 0 Å². The van der Waals surface area contributed by atoms with Crippen LogP contribution in [0.2, 0.25) is 0 Å². The molecular formula is C14H19NO2. The lowest BCUT2D eigenvalue weighted by Crippen LogP contribution is -2.39. The Morgan fingerprint density at radius 3 is 2.82 bits per heavy atom. The van der Waals surface area contributed by atoms with E-state index in [-0.39, 0.29) is 5.91 Å². The van der Waals surface area contributed by atoms with E-state index in [0.717, 1.165) is 25.0 Å². The summed E-state index contributed by atoms with van der Waals surface area (Å²) in [5.74, 6) is 1.06. The predicted molar refractivity (Wildman–Crippen MR) is 67.3 cm³/mol. The molecule has 3 heteroatoms. The van der Waals surface area contributed by atoms with Crippen LogP contribution in [0.15, 0.2) is 18.2 Å². The molecule has 1 amide bonds. The lowest BCUT2D eigenvalue weighted by molar-refractivity contribution is -0.129. The van der Waals surface area contributed by atoms with Gasteiger partial charge in [0.05, 0.1) is 7.11 Å². The zero-order valence-corrected chi connectivity index (χ0v) is 10.7. The Hall–Kier alpha value is -1.51. The minimum absolute atomic E-state index is 0.145. The fourth-order valence-electron chi connectivity index (χ4n) is 2.43. The fraction of sp³-hybridized carbons (Fsp3) is 0.500. The van der Waals surface area contributed by atoms with Gasteiger partial charge in [0.25, 0.3) is 0 Å². The molecule has 0 aliphatic heterocycles. The summed E-state index contributed by atoms with van der Waals surface area (Å²) in [5.41, 5.74) is 2.70. The average Bonchev–Trinajstić information content (AvgIpc) is 2.36. The van der Waals surface area contributed by atoms with E-state index in [4.69, 9.17) is 4.74 Å². The number of ether oxygens (including phenoxy) is 1. The third-order valence-electron chi connectivity index (χ3n) is 3.66. The van der Waals surface area contributed by atoms with Gasteiger partial charge in [0.15, 0.2) is 0 Å². The molecule has 0 spiro atoms. The smallest absolute Gasteiger partial charge is 0.219 e. The Labute approximate surface area is 102 Å². The van der Waals surface area contributed by atoms with Gasteiger partial charge in [-0.25, -0.2) is 0 Å². The first-order chi connectivity index (χ1) is 8.11. The molecule has 3 nitrogen and oxygen atoms in total. The van der Waals surface area contributed by atoms with Crippen molar-refractivity contribution in [3.05, 3.63) is 29.3 Å². The Kier molecular flexibility index (Phi) is 3.36. The van der Waals surface area contributed by atoms with Gasteiger partial charge < -0.3 is 9.64 Å². The van der Waals surface area contributed by atoms with Crippen molar-refractivity contribution in [3.63, 3.8) is 0 Å². The van der Waals surface area contributed by atoms with E-state index in [9.17, 15) is 4.79 Å². The van der Waals surface area contributed by atoms with Gasteiger partial charge >= 0.3 is 0 Å². The molecule has 1 atom stereocenters. The summed E-state index contributed by atoms with van der Waals surface area (Å²) in [6, 6.07) is 6.57. The van der Waals surface area contributed by atoms with Crippen LogP contribution in [-0.2, 0) is 17.6 Å². The molecule has 0 saturated heterocycles. The molecule has 0 radical (unpaired) electrons. The Morgan fingerprint density at radius 2 is 2.18 bits per heavy atom. The summed E-state index contributed by atoms with van der Waals surface area (Å²) < 4.78 is 5.23. The number of amides is 1. The number of hydrogen-bond acceptors (Lipinski definition) is 2. The minimum Gasteiger partial charge on any atom is -0.497 e. The molecule has 1 aromatic rings. The number of fused-ring (bicyclic) bond motifs is 1. The molecule has 0 fully saturated rings. The van der Waals surface area contributed by atoms with Crippen molar-refractivity contribution in [2.45, 2.75) is 32.2 Å². The van der Waals surface area contributed by atoms with E-state index in [1.54, 1.807) is 14.0 Å². The van der Waals surface area contributed by atoms with Gasteiger partial charge in [0.2, 0.25) is 5.91 Å². The number of methoxy groups -OCH3 is 1. The highest BCUT2D eigenvalue weighted by molar-refractivity contribution is 5.73. The first-order valence-corrected chi connectivity index (χ1v) is 6.01. The molecular weight excluding hydrogens is 214 g/mol. The Bertz CT molecular complexity index is 428. The van der Waals surface area contributed by atoms with E-state index in [1.165, 1.54) is 11.1 Å². The summed E-state index contributed by atoms with van der Waals surface area (Å²) in [7, 11) is 3.58. The third kappa shape index (κ3) is 2.43. The Balaban J connectivity index is 2.17. The molecule has 0 heterocycles. The van der Waals surface area contributed by atoms with E-state index in [1.807, 2.05) is 18.0 Å². The summed E-state index contributed by atoms with van der Waals surface area (Å²) >= 11 is 0. The number of nitrogens with zero attached hydrogens (tertiary/aromatic N) is 1. The predicted octanol–water partition coefficient (Wildman–Crippen LogP) is 2.03. The first kappa shape index (κ1) is 12.0. The van der Waals surface area contributed by atoms with E-state index < -0.39 is 0 Å². The molecule has 0 N–H and O–H groups in total. The van der Waals surface area contributed by atoms with Crippen LogP contribution in [-0.4, -0.2) is 31.0 Å². The van der Waals surface area contributed by atoms with Gasteiger partial charge in [-0.1, -0.05) is 6.07 Å². The lowest BCUT2D eigenvalue weighted by Gasteiger charge is -2.32. The van der Waals surface area contributed by atoms with E-state index in [0.29, 0.717) is 6.04 Å². The zero-order valence-electron chi connectivity index (χ0n) is 10.7. The van der Waals surface area contributed by atoms with Gasteiger partial charge in [-0.2, -0.15) is 0 Å². The molecule has 0 aromatic heterocycles. The normalized spacial score (nSPS) is 18.4. The summed E-state index contributed by atoms with van der Waals surface area (Å²) in [4.78, 5) is 13.2. The van der Waals surface area contributed by atoms with Gasteiger partial charge in [-0.3, -0.25) is 4.79 Å². The number of benzene rings is 1. The highest BCUT2D eigenvalue weighted by Crippen LogP contribution is 2.27. The molecule has 2 rings (SSSR count). The van der Waals surface area contributed by atoms with Crippen molar-refractivity contribution in [1.82, 2.24) is 4.90 Å². The second kappa shape index (κ2) is 4.78. The van der Waals surface area contributed by atoms with Crippen molar-refractivity contribution in [2.24, 2.45) is 0 Å². The van der Waals surface area contributed by atoms with E-state index in [2.05, 4.69) is 12.1 Å². The number of carbonyl (C=O) groups is 1. The number of carbonyl (C=O) groups excluding carboxylic acids is 1. The molecule has 1 aliphatic rings. The molecule has 0 saturated carbocycles. The standard InChI is InChI=1S/C14H19NO2/c1-10(16)15(2)13-6-4-12-9-14(17-3)7-5-11(12)8-13/h5,7,9,13H,4,6,8H2,1-3H3.